The molecule has 0 spiro atoms. The third-order valence-corrected chi connectivity index (χ3v) is 6.91. The fourth-order valence-corrected chi connectivity index (χ4v) is 5.02. The summed E-state index contributed by atoms with van der Waals surface area (Å²) in [5.41, 5.74) is 5.97. The number of amides is 1. The van der Waals surface area contributed by atoms with Gasteiger partial charge in [0.1, 0.15) is 0 Å². The van der Waals surface area contributed by atoms with Crippen LogP contribution in [0.4, 0.5) is 11.4 Å². The number of carbonyl (C=O) groups excluding carboxylic acids is 1. The van der Waals surface area contributed by atoms with E-state index in [2.05, 4.69) is 39.8 Å². The predicted molar refractivity (Wildman–Crippen MR) is 145 cm³/mol. The van der Waals surface area contributed by atoms with Crippen LogP contribution >= 0.6 is 0 Å². The molecule has 0 radical (unpaired) electrons. The standard InChI is InChI=1S/C30H33N3O3/c1-35-26-18-24-25(19-27(26)36-2)32-30(34)28(24)29(22-10-6-5-7-11-22)31-23-14-12-21(13-15-23)20-33-16-8-3-4-9-17-33/h5-7,10-15,18-19,31H,3-4,8-9,16-17,20H2,1-2H3,(H,32,34). The number of carbonyl (C=O) groups is 1. The second-order valence-corrected chi connectivity index (χ2v) is 9.34. The molecule has 186 valence electrons. The van der Waals surface area contributed by atoms with Crippen molar-refractivity contribution < 1.29 is 14.3 Å². The largest absolute Gasteiger partial charge is 0.493 e. The zero-order chi connectivity index (χ0) is 24.9. The number of ether oxygens (including phenoxy) is 2. The number of hydrogen-bond donors (Lipinski definition) is 2. The van der Waals surface area contributed by atoms with Gasteiger partial charge in [-0.05, 0) is 55.3 Å². The summed E-state index contributed by atoms with van der Waals surface area (Å²) in [4.78, 5) is 15.8. The number of fused-ring (bicyclic) bond motifs is 1. The van der Waals surface area contributed by atoms with Crippen molar-refractivity contribution in [2.24, 2.45) is 0 Å². The molecule has 2 N–H and O–H groups in total. The number of rotatable bonds is 7. The van der Waals surface area contributed by atoms with Crippen LogP contribution in [-0.2, 0) is 11.3 Å². The van der Waals surface area contributed by atoms with E-state index in [9.17, 15) is 4.79 Å². The van der Waals surface area contributed by atoms with E-state index in [0.29, 0.717) is 22.8 Å². The molecule has 0 aliphatic carbocycles. The first kappa shape index (κ1) is 23.9. The highest BCUT2D eigenvalue weighted by molar-refractivity contribution is 6.37. The number of hydrogen-bond acceptors (Lipinski definition) is 5. The van der Waals surface area contributed by atoms with Gasteiger partial charge >= 0.3 is 0 Å². The third kappa shape index (κ3) is 5.09. The predicted octanol–water partition coefficient (Wildman–Crippen LogP) is 6.01. The van der Waals surface area contributed by atoms with Crippen molar-refractivity contribution in [3.8, 4) is 11.5 Å². The average molecular weight is 484 g/mol. The fourth-order valence-electron chi connectivity index (χ4n) is 5.02. The maximum Gasteiger partial charge on any atom is 0.258 e. The highest BCUT2D eigenvalue weighted by Crippen LogP contribution is 2.43. The van der Waals surface area contributed by atoms with E-state index in [1.165, 1.54) is 44.3 Å². The average Bonchev–Trinajstić information content (AvgIpc) is 3.05. The Hall–Kier alpha value is -3.77. The van der Waals surface area contributed by atoms with Gasteiger partial charge in [-0.3, -0.25) is 9.69 Å². The van der Waals surface area contributed by atoms with Gasteiger partial charge in [0.05, 0.1) is 31.2 Å². The topological polar surface area (TPSA) is 62.8 Å². The zero-order valence-corrected chi connectivity index (χ0v) is 21.0. The quantitative estimate of drug-likeness (QED) is 0.403. The summed E-state index contributed by atoms with van der Waals surface area (Å²) in [6, 6.07) is 22.2. The Morgan fingerprint density at radius 2 is 1.56 bits per heavy atom. The minimum atomic E-state index is -0.163. The summed E-state index contributed by atoms with van der Waals surface area (Å²) in [7, 11) is 3.19. The smallest absolute Gasteiger partial charge is 0.258 e. The van der Waals surface area contributed by atoms with Crippen LogP contribution in [0.2, 0.25) is 0 Å². The first-order valence-electron chi connectivity index (χ1n) is 12.6. The molecule has 2 heterocycles. The van der Waals surface area contributed by atoms with E-state index < -0.39 is 0 Å². The lowest BCUT2D eigenvalue weighted by molar-refractivity contribution is -0.110. The molecule has 0 saturated carbocycles. The Bertz CT molecular complexity index is 1240. The Kier molecular flexibility index (Phi) is 7.23. The summed E-state index contributed by atoms with van der Waals surface area (Å²) in [5, 5.41) is 6.54. The van der Waals surface area contributed by atoms with Crippen molar-refractivity contribution in [2.45, 2.75) is 32.2 Å². The zero-order valence-electron chi connectivity index (χ0n) is 21.0. The van der Waals surface area contributed by atoms with Gasteiger partial charge in [-0.2, -0.15) is 0 Å². The normalized spacial score (nSPS) is 17.1. The molecule has 0 aromatic heterocycles. The van der Waals surface area contributed by atoms with Crippen molar-refractivity contribution in [2.75, 3.05) is 37.9 Å². The van der Waals surface area contributed by atoms with E-state index in [4.69, 9.17) is 9.47 Å². The number of nitrogens with one attached hydrogen (secondary N) is 2. The monoisotopic (exact) mass is 483 g/mol. The van der Waals surface area contributed by atoms with Gasteiger partial charge < -0.3 is 20.1 Å². The van der Waals surface area contributed by atoms with Crippen LogP contribution in [0.1, 0.15) is 42.4 Å². The molecule has 0 atom stereocenters. The summed E-state index contributed by atoms with van der Waals surface area (Å²) in [6.07, 6.45) is 5.25. The van der Waals surface area contributed by atoms with Gasteiger partial charge in [0.25, 0.3) is 5.91 Å². The molecule has 0 bridgehead atoms. The van der Waals surface area contributed by atoms with Crippen LogP contribution in [0.25, 0.3) is 11.3 Å². The van der Waals surface area contributed by atoms with Gasteiger partial charge in [-0.15, -0.1) is 0 Å². The Balaban J connectivity index is 1.49. The number of benzene rings is 3. The van der Waals surface area contributed by atoms with Crippen molar-refractivity contribution in [3.63, 3.8) is 0 Å². The van der Waals surface area contributed by atoms with Crippen molar-refractivity contribution in [1.29, 1.82) is 0 Å². The van der Waals surface area contributed by atoms with Crippen LogP contribution in [0, 0.1) is 0 Å². The molecule has 1 amide bonds. The lowest BCUT2D eigenvalue weighted by Gasteiger charge is -2.20. The van der Waals surface area contributed by atoms with Gasteiger partial charge in [0.15, 0.2) is 11.5 Å². The van der Waals surface area contributed by atoms with Gasteiger partial charge in [-0.25, -0.2) is 0 Å². The summed E-state index contributed by atoms with van der Waals surface area (Å²) in [6.45, 7) is 3.32. The van der Waals surface area contributed by atoms with Crippen LogP contribution in [-0.4, -0.2) is 38.1 Å². The maximum atomic E-state index is 13.2. The first-order valence-corrected chi connectivity index (χ1v) is 12.6. The number of nitrogens with zero attached hydrogens (tertiary/aromatic N) is 1. The second-order valence-electron chi connectivity index (χ2n) is 9.34. The van der Waals surface area contributed by atoms with E-state index in [1.54, 1.807) is 20.3 Å². The third-order valence-electron chi connectivity index (χ3n) is 6.91. The van der Waals surface area contributed by atoms with Gasteiger partial charge in [0, 0.05) is 23.9 Å². The SMILES string of the molecule is COc1cc2c(cc1OC)C(=C(Nc1ccc(CN3CCCCCC3)cc1)c1ccccc1)C(=O)N2. The molecule has 3 aromatic carbocycles. The number of anilines is 2. The Morgan fingerprint density at radius 1 is 0.889 bits per heavy atom. The summed E-state index contributed by atoms with van der Waals surface area (Å²) >= 11 is 0. The Labute approximate surface area is 212 Å². The molecule has 5 rings (SSSR count). The maximum absolute atomic E-state index is 13.2. The lowest BCUT2D eigenvalue weighted by Crippen LogP contribution is -2.23. The Morgan fingerprint density at radius 3 is 2.22 bits per heavy atom. The van der Waals surface area contributed by atoms with Crippen LogP contribution < -0.4 is 20.1 Å². The minimum absolute atomic E-state index is 0.163. The molecule has 0 unspecified atom stereocenters. The number of likely N-dealkylation sites (tertiary alicyclic amines) is 1. The van der Waals surface area contributed by atoms with Crippen LogP contribution in [0.3, 0.4) is 0 Å². The van der Waals surface area contributed by atoms with E-state index >= 15 is 0 Å². The second kappa shape index (κ2) is 10.9. The first-order chi connectivity index (χ1) is 17.7. The molecule has 36 heavy (non-hydrogen) atoms. The minimum Gasteiger partial charge on any atom is -0.493 e. The fraction of sp³-hybridized carbons (Fsp3) is 0.300. The van der Waals surface area contributed by atoms with Gasteiger partial charge in [0.2, 0.25) is 0 Å². The molecule has 2 aliphatic heterocycles. The highest BCUT2D eigenvalue weighted by atomic mass is 16.5. The molecule has 6 heteroatoms. The lowest BCUT2D eigenvalue weighted by atomic mass is 9.99. The summed E-state index contributed by atoms with van der Waals surface area (Å²) < 4.78 is 11.0. The molecule has 1 fully saturated rings. The van der Waals surface area contributed by atoms with E-state index in [-0.39, 0.29) is 5.91 Å². The molecule has 2 aliphatic rings. The number of methoxy groups -OCH3 is 2. The molecular formula is C30H33N3O3. The molecule has 6 nitrogen and oxygen atoms in total. The molecule has 3 aromatic rings. The van der Waals surface area contributed by atoms with Crippen LogP contribution in [0.15, 0.2) is 66.7 Å². The van der Waals surface area contributed by atoms with E-state index in [1.807, 2.05) is 36.4 Å². The highest BCUT2D eigenvalue weighted by Gasteiger charge is 2.30. The molecule has 1 saturated heterocycles. The summed E-state index contributed by atoms with van der Waals surface area (Å²) in [5.74, 6) is 0.993. The molecular weight excluding hydrogens is 450 g/mol. The van der Waals surface area contributed by atoms with Crippen LogP contribution in [0.5, 0.6) is 11.5 Å². The van der Waals surface area contributed by atoms with Crippen molar-refractivity contribution in [1.82, 2.24) is 4.90 Å². The van der Waals surface area contributed by atoms with Crippen molar-refractivity contribution >= 4 is 28.6 Å². The van der Waals surface area contributed by atoms with E-state index in [0.717, 1.165) is 29.1 Å². The van der Waals surface area contributed by atoms with Gasteiger partial charge in [-0.1, -0.05) is 55.3 Å². The van der Waals surface area contributed by atoms with Crippen molar-refractivity contribution in [3.05, 3.63) is 83.4 Å².